The van der Waals surface area contributed by atoms with Gasteiger partial charge in [0.05, 0.1) is 7.11 Å². The van der Waals surface area contributed by atoms with Gasteiger partial charge in [-0.1, -0.05) is 54.1 Å². The van der Waals surface area contributed by atoms with Crippen molar-refractivity contribution in [3.8, 4) is 17.2 Å². The predicted octanol–water partition coefficient (Wildman–Crippen LogP) is 6.17. The van der Waals surface area contributed by atoms with Gasteiger partial charge < -0.3 is 9.15 Å². The van der Waals surface area contributed by atoms with Gasteiger partial charge in [0.15, 0.2) is 5.58 Å². The Morgan fingerprint density at radius 3 is 2.38 bits per heavy atom. The topological polar surface area (TPSA) is 35.3 Å². The van der Waals surface area contributed by atoms with Crippen molar-refractivity contribution >= 4 is 21.9 Å². The fourth-order valence-electron chi connectivity index (χ4n) is 3.29. The van der Waals surface area contributed by atoms with Crippen molar-refractivity contribution in [1.82, 2.24) is 4.98 Å². The quantitative estimate of drug-likeness (QED) is 0.416. The van der Waals surface area contributed by atoms with E-state index in [1.165, 1.54) is 5.57 Å². The highest BCUT2D eigenvalue weighted by Crippen LogP contribution is 2.40. The molecule has 0 spiro atoms. The van der Waals surface area contributed by atoms with Crippen molar-refractivity contribution in [3.63, 3.8) is 0 Å². The summed E-state index contributed by atoms with van der Waals surface area (Å²) in [4.78, 5) is 4.84. The molecule has 3 aromatic carbocycles. The Bertz CT molecular complexity index is 1100. The Balaban J connectivity index is 2.07. The summed E-state index contributed by atoms with van der Waals surface area (Å²) in [5.74, 6) is 1.51. The molecule has 4 aromatic rings. The van der Waals surface area contributed by atoms with Crippen LogP contribution in [0.3, 0.4) is 0 Å². The van der Waals surface area contributed by atoms with E-state index in [1.807, 2.05) is 42.5 Å². The molecule has 130 valence electrons. The summed E-state index contributed by atoms with van der Waals surface area (Å²) in [5, 5.41) is 2.07. The van der Waals surface area contributed by atoms with E-state index in [0.29, 0.717) is 5.89 Å². The molecule has 0 radical (unpaired) electrons. The number of hydrogen-bond acceptors (Lipinski definition) is 3. The van der Waals surface area contributed by atoms with Gasteiger partial charge in [-0.05, 0) is 32.4 Å². The summed E-state index contributed by atoms with van der Waals surface area (Å²) in [6.07, 6.45) is 2.95. The third-order valence-electron chi connectivity index (χ3n) is 4.54. The van der Waals surface area contributed by atoms with E-state index in [9.17, 15) is 0 Å². The van der Waals surface area contributed by atoms with Crippen LogP contribution in [-0.4, -0.2) is 12.1 Å². The van der Waals surface area contributed by atoms with Gasteiger partial charge in [-0.25, -0.2) is 4.98 Å². The lowest BCUT2D eigenvalue weighted by Gasteiger charge is -2.11. The Morgan fingerprint density at radius 2 is 1.69 bits per heavy atom. The predicted molar refractivity (Wildman–Crippen MR) is 107 cm³/mol. The van der Waals surface area contributed by atoms with E-state index in [4.69, 9.17) is 14.1 Å². The molecule has 0 N–H and O–H groups in total. The highest BCUT2D eigenvalue weighted by molar-refractivity contribution is 6.08. The summed E-state index contributed by atoms with van der Waals surface area (Å²) in [5.41, 5.74) is 4.99. The zero-order valence-corrected chi connectivity index (χ0v) is 15.2. The normalized spacial score (nSPS) is 11.0. The number of allylic oxidation sites excluding steroid dienone is 2. The molecule has 0 aliphatic rings. The number of hydrogen-bond donors (Lipinski definition) is 0. The van der Waals surface area contributed by atoms with Crippen LogP contribution >= 0.6 is 0 Å². The van der Waals surface area contributed by atoms with E-state index < -0.39 is 0 Å². The van der Waals surface area contributed by atoms with Crippen LogP contribution in [0.5, 0.6) is 5.75 Å². The van der Waals surface area contributed by atoms with Gasteiger partial charge in [0.1, 0.15) is 11.3 Å². The van der Waals surface area contributed by atoms with Crippen molar-refractivity contribution in [2.75, 3.05) is 7.11 Å². The Labute approximate surface area is 152 Å². The van der Waals surface area contributed by atoms with Crippen LogP contribution in [0, 0.1) is 0 Å². The summed E-state index contributed by atoms with van der Waals surface area (Å²) < 4.78 is 12.0. The number of oxazole rings is 1. The molecule has 0 unspecified atom stereocenters. The lowest BCUT2D eigenvalue weighted by atomic mass is 10.0. The Kier molecular flexibility index (Phi) is 4.21. The van der Waals surface area contributed by atoms with Crippen molar-refractivity contribution in [1.29, 1.82) is 0 Å². The average molecular weight is 343 g/mol. The van der Waals surface area contributed by atoms with Crippen molar-refractivity contribution in [2.45, 2.75) is 20.3 Å². The molecule has 0 fully saturated rings. The van der Waals surface area contributed by atoms with Crippen molar-refractivity contribution < 1.29 is 9.15 Å². The van der Waals surface area contributed by atoms with E-state index in [0.717, 1.165) is 45.2 Å². The number of ether oxygens (including phenoxy) is 1. The van der Waals surface area contributed by atoms with E-state index >= 15 is 0 Å². The molecule has 0 saturated heterocycles. The molecule has 1 aromatic heterocycles. The molecule has 3 heteroatoms. The summed E-state index contributed by atoms with van der Waals surface area (Å²) >= 11 is 0. The zero-order valence-electron chi connectivity index (χ0n) is 15.2. The highest BCUT2D eigenvalue weighted by atomic mass is 16.5. The first-order valence-corrected chi connectivity index (χ1v) is 8.76. The first-order chi connectivity index (χ1) is 12.7. The van der Waals surface area contributed by atoms with Gasteiger partial charge >= 0.3 is 0 Å². The smallest absolute Gasteiger partial charge is 0.227 e. The third kappa shape index (κ3) is 2.76. The lowest BCUT2D eigenvalue weighted by Crippen LogP contribution is -1.95. The molecule has 0 saturated carbocycles. The Hall–Kier alpha value is -3.07. The number of methoxy groups -OCH3 is 1. The summed E-state index contributed by atoms with van der Waals surface area (Å²) in [6, 6.07) is 18.2. The maximum atomic E-state index is 6.23. The van der Waals surface area contributed by atoms with E-state index in [1.54, 1.807) is 7.11 Å². The largest absolute Gasteiger partial charge is 0.496 e. The monoisotopic (exact) mass is 343 g/mol. The lowest BCUT2D eigenvalue weighted by molar-refractivity contribution is 0.416. The molecule has 0 amide bonds. The van der Waals surface area contributed by atoms with E-state index in [-0.39, 0.29) is 0 Å². The van der Waals surface area contributed by atoms with Gasteiger partial charge in [0.2, 0.25) is 5.89 Å². The number of aromatic nitrogens is 1. The molecular weight excluding hydrogens is 322 g/mol. The minimum Gasteiger partial charge on any atom is -0.496 e. The van der Waals surface area contributed by atoms with Crippen LogP contribution in [0.2, 0.25) is 0 Å². The number of fused-ring (bicyclic) bond motifs is 3. The second-order valence-electron chi connectivity index (χ2n) is 6.61. The molecule has 1 heterocycles. The molecule has 0 atom stereocenters. The highest BCUT2D eigenvalue weighted by Gasteiger charge is 2.20. The van der Waals surface area contributed by atoms with Crippen LogP contribution < -0.4 is 4.74 Å². The van der Waals surface area contributed by atoms with Crippen LogP contribution in [0.4, 0.5) is 0 Å². The van der Waals surface area contributed by atoms with E-state index in [2.05, 4.69) is 32.1 Å². The molecule has 0 aliphatic heterocycles. The molecular formula is C23H21NO2. The van der Waals surface area contributed by atoms with Crippen LogP contribution in [-0.2, 0) is 6.42 Å². The third-order valence-corrected chi connectivity index (χ3v) is 4.54. The van der Waals surface area contributed by atoms with Crippen LogP contribution in [0.15, 0.2) is 70.7 Å². The molecule has 4 rings (SSSR count). The summed E-state index contributed by atoms with van der Waals surface area (Å²) in [7, 11) is 1.72. The second kappa shape index (κ2) is 6.68. The SMILES string of the molecule is COc1c(CC=C(C)C)c2nc(-c3ccccc3)oc2c2ccccc12. The van der Waals surface area contributed by atoms with Gasteiger partial charge in [0.25, 0.3) is 0 Å². The number of nitrogens with zero attached hydrogens (tertiary/aromatic N) is 1. The number of rotatable bonds is 4. The van der Waals surface area contributed by atoms with Crippen LogP contribution in [0.1, 0.15) is 19.4 Å². The first-order valence-electron chi connectivity index (χ1n) is 8.76. The van der Waals surface area contributed by atoms with Gasteiger partial charge in [-0.15, -0.1) is 0 Å². The fourth-order valence-corrected chi connectivity index (χ4v) is 3.29. The van der Waals surface area contributed by atoms with Crippen molar-refractivity contribution in [2.24, 2.45) is 0 Å². The number of benzene rings is 3. The minimum absolute atomic E-state index is 0.637. The zero-order chi connectivity index (χ0) is 18.1. The first kappa shape index (κ1) is 16.4. The molecule has 0 aliphatic carbocycles. The Morgan fingerprint density at radius 1 is 1.00 bits per heavy atom. The van der Waals surface area contributed by atoms with Gasteiger partial charge in [-0.2, -0.15) is 0 Å². The molecule has 0 bridgehead atoms. The molecule has 3 nitrogen and oxygen atoms in total. The maximum Gasteiger partial charge on any atom is 0.227 e. The van der Waals surface area contributed by atoms with Gasteiger partial charge in [-0.3, -0.25) is 0 Å². The standard InChI is InChI=1S/C23H21NO2/c1-15(2)13-14-19-20-22(18-12-8-7-11-17(18)21(19)25-3)26-23(24-20)16-9-5-4-6-10-16/h4-13H,14H2,1-3H3. The maximum absolute atomic E-state index is 6.23. The average Bonchev–Trinajstić information content (AvgIpc) is 3.12. The van der Waals surface area contributed by atoms with Gasteiger partial charge in [0, 0.05) is 21.9 Å². The summed E-state index contributed by atoms with van der Waals surface area (Å²) in [6.45, 7) is 4.20. The minimum atomic E-state index is 0.637. The second-order valence-corrected chi connectivity index (χ2v) is 6.61. The van der Waals surface area contributed by atoms with Crippen LogP contribution in [0.25, 0.3) is 33.3 Å². The molecule has 26 heavy (non-hydrogen) atoms. The van der Waals surface area contributed by atoms with Crippen molar-refractivity contribution in [3.05, 3.63) is 71.8 Å². The fraction of sp³-hybridized carbons (Fsp3) is 0.174.